The summed E-state index contributed by atoms with van der Waals surface area (Å²) >= 11 is 3.90. The van der Waals surface area contributed by atoms with Crippen LogP contribution >= 0.6 is 12.6 Å². The molecular weight excluding hydrogens is 516 g/mol. The number of aliphatic carboxylic acids is 1. The number of guanidine groups is 1. The Balaban J connectivity index is 3.04. The van der Waals surface area contributed by atoms with Crippen LogP contribution in [0.15, 0.2) is 35.3 Å². The van der Waals surface area contributed by atoms with E-state index in [9.17, 15) is 29.1 Å². The van der Waals surface area contributed by atoms with Crippen molar-refractivity contribution in [1.29, 1.82) is 0 Å². The smallest absolute Gasteiger partial charge is 0.327 e. The van der Waals surface area contributed by atoms with Crippen LogP contribution in [0.3, 0.4) is 0 Å². The zero-order valence-corrected chi connectivity index (χ0v) is 21.7. The molecule has 0 fully saturated rings. The number of carbonyl (C=O) groups is 5. The third-order valence-electron chi connectivity index (χ3n) is 5.33. The molecule has 1 aromatic carbocycles. The summed E-state index contributed by atoms with van der Waals surface area (Å²) in [4.78, 5) is 65.2. The Morgan fingerprint density at radius 3 is 2.00 bits per heavy atom. The molecule has 0 radical (unpaired) electrons. The van der Waals surface area contributed by atoms with Crippen molar-refractivity contribution in [2.75, 3.05) is 12.3 Å². The molecule has 12 N–H and O–H groups in total. The summed E-state index contributed by atoms with van der Waals surface area (Å²) in [5.41, 5.74) is 22.4. The lowest BCUT2D eigenvalue weighted by atomic mass is 10.0. The third-order valence-corrected chi connectivity index (χ3v) is 5.69. The van der Waals surface area contributed by atoms with Crippen molar-refractivity contribution in [2.24, 2.45) is 27.9 Å². The van der Waals surface area contributed by atoms with Crippen molar-refractivity contribution in [2.45, 2.75) is 56.3 Å². The van der Waals surface area contributed by atoms with Crippen LogP contribution in [0.25, 0.3) is 0 Å². The summed E-state index contributed by atoms with van der Waals surface area (Å²) in [5.74, 6) is -4.52. The molecule has 38 heavy (non-hydrogen) atoms. The first-order chi connectivity index (χ1) is 17.9. The molecule has 15 heteroatoms. The molecule has 1 rings (SSSR count). The Kier molecular flexibility index (Phi) is 14.2. The highest BCUT2D eigenvalue weighted by atomic mass is 32.1. The van der Waals surface area contributed by atoms with Crippen molar-refractivity contribution >= 4 is 48.2 Å². The maximum atomic E-state index is 13.2. The summed E-state index contributed by atoms with van der Waals surface area (Å²) < 4.78 is 0. The van der Waals surface area contributed by atoms with Crippen LogP contribution in [0.4, 0.5) is 0 Å². The number of carboxylic acid groups (broad SMARTS) is 1. The van der Waals surface area contributed by atoms with Gasteiger partial charge in [0.05, 0.1) is 6.04 Å². The number of thiol groups is 1. The summed E-state index contributed by atoms with van der Waals surface area (Å²) in [6, 6.07) is 4.08. The average molecular weight is 553 g/mol. The van der Waals surface area contributed by atoms with Gasteiger partial charge in [-0.05, 0) is 24.8 Å². The topological polar surface area (TPSA) is 258 Å². The van der Waals surface area contributed by atoms with Crippen LogP contribution < -0.4 is 38.9 Å². The number of nitrogens with zero attached hydrogens (tertiary/aromatic N) is 1. The lowest BCUT2D eigenvalue weighted by molar-refractivity contribution is -0.141. The fraction of sp³-hybridized carbons (Fsp3) is 0.478. The molecule has 1 aromatic rings. The number of primary amides is 1. The van der Waals surface area contributed by atoms with Gasteiger partial charge in [0.1, 0.15) is 18.1 Å². The van der Waals surface area contributed by atoms with Gasteiger partial charge in [-0.25, -0.2) is 4.79 Å². The van der Waals surface area contributed by atoms with Gasteiger partial charge in [0, 0.05) is 25.1 Å². The van der Waals surface area contributed by atoms with Crippen LogP contribution in [0, 0.1) is 0 Å². The van der Waals surface area contributed by atoms with Crippen molar-refractivity contribution in [3.63, 3.8) is 0 Å². The number of aliphatic imine (C=N–C) groups is 1. The fourth-order valence-corrected chi connectivity index (χ4v) is 3.52. The average Bonchev–Trinajstić information content (AvgIpc) is 2.86. The van der Waals surface area contributed by atoms with E-state index in [0.717, 1.165) is 0 Å². The molecule has 4 amide bonds. The second-order valence-corrected chi connectivity index (χ2v) is 8.82. The minimum atomic E-state index is -1.32. The fourth-order valence-electron chi connectivity index (χ4n) is 3.27. The highest BCUT2D eigenvalue weighted by Crippen LogP contribution is 2.07. The Hall–Kier alpha value is -3.85. The summed E-state index contributed by atoms with van der Waals surface area (Å²) in [7, 11) is 0. The van der Waals surface area contributed by atoms with Gasteiger partial charge in [-0.2, -0.15) is 12.6 Å². The molecule has 0 aliphatic heterocycles. The van der Waals surface area contributed by atoms with Gasteiger partial charge in [-0.15, -0.1) is 0 Å². The van der Waals surface area contributed by atoms with E-state index in [4.69, 9.17) is 22.9 Å². The Bertz CT molecular complexity index is 989. The summed E-state index contributed by atoms with van der Waals surface area (Å²) in [5, 5.41) is 16.6. The van der Waals surface area contributed by atoms with E-state index in [2.05, 4.69) is 33.6 Å². The number of hydrogen-bond donors (Lipinski definition) is 9. The van der Waals surface area contributed by atoms with Crippen molar-refractivity contribution in [3.8, 4) is 0 Å². The monoisotopic (exact) mass is 552 g/mol. The van der Waals surface area contributed by atoms with E-state index in [1.54, 1.807) is 30.3 Å². The standard InChI is InChI=1S/C23H36N8O6S/c24-14(7-4-10-28-23(26)27)19(33)30-16(11-13-5-2-1-3-6-13)21(35)29-15(8-9-18(25)32)20(34)31-17(12-38)22(36)37/h1-3,5-6,14-17,38H,4,7-12,24H2,(H2,25,32)(H,29,35)(H,30,33)(H,31,34)(H,36,37)(H4,26,27,28). The van der Waals surface area contributed by atoms with Crippen LogP contribution in [-0.2, 0) is 30.4 Å². The molecule has 210 valence electrons. The molecule has 0 saturated heterocycles. The predicted octanol–water partition coefficient (Wildman–Crippen LogP) is -2.66. The second-order valence-electron chi connectivity index (χ2n) is 8.45. The van der Waals surface area contributed by atoms with E-state index in [0.29, 0.717) is 12.0 Å². The number of carbonyl (C=O) groups excluding carboxylic acids is 4. The van der Waals surface area contributed by atoms with Gasteiger partial charge in [0.15, 0.2) is 5.96 Å². The molecule has 0 aliphatic rings. The van der Waals surface area contributed by atoms with Gasteiger partial charge in [0.25, 0.3) is 0 Å². The van der Waals surface area contributed by atoms with E-state index < -0.39 is 53.8 Å². The first kappa shape index (κ1) is 32.2. The molecule has 14 nitrogen and oxygen atoms in total. The molecule has 0 aliphatic carbocycles. The number of nitrogens with two attached hydrogens (primary N) is 4. The summed E-state index contributed by atoms with van der Waals surface area (Å²) in [6.45, 7) is 0.275. The van der Waals surface area contributed by atoms with Gasteiger partial charge in [-0.3, -0.25) is 24.2 Å². The van der Waals surface area contributed by atoms with Crippen LogP contribution in [-0.4, -0.2) is 77.1 Å². The first-order valence-corrected chi connectivity index (χ1v) is 12.5. The quantitative estimate of drug-likeness (QED) is 0.0422. The van der Waals surface area contributed by atoms with Crippen LogP contribution in [0.5, 0.6) is 0 Å². The maximum absolute atomic E-state index is 13.2. The molecule has 0 bridgehead atoms. The lowest BCUT2D eigenvalue weighted by Crippen LogP contribution is -2.58. The number of hydrogen-bond acceptors (Lipinski definition) is 8. The molecule has 4 unspecified atom stereocenters. The van der Waals surface area contributed by atoms with E-state index in [1.807, 2.05) is 0 Å². The molecule has 0 saturated carbocycles. The zero-order valence-electron chi connectivity index (χ0n) is 20.8. The van der Waals surface area contributed by atoms with Gasteiger partial charge in [-0.1, -0.05) is 30.3 Å². The number of amides is 4. The largest absolute Gasteiger partial charge is 0.480 e. The second kappa shape index (κ2) is 16.8. The highest BCUT2D eigenvalue weighted by Gasteiger charge is 2.30. The molecular formula is C23H36N8O6S. The molecule has 0 heterocycles. The minimum absolute atomic E-state index is 0.0671. The Morgan fingerprint density at radius 1 is 0.868 bits per heavy atom. The first-order valence-electron chi connectivity index (χ1n) is 11.8. The van der Waals surface area contributed by atoms with Crippen LogP contribution in [0.1, 0.15) is 31.2 Å². The van der Waals surface area contributed by atoms with Crippen molar-refractivity contribution in [3.05, 3.63) is 35.9 Å². The van der Waals surface area contributed by atoms with Crippen molar-refractivity contribution in [1.82, 2.24) is 16.0 Å². The number of benzene rings is 1. The van der Waals surface area contributed by atoms with E-state index in [1.165, 1.54) is 0 Å². The van der Waals surface area contributed by atoms with Gasteiger partial charge < -0.3 is 44.0 Å². The predicted molar refractivity (Wildman–Crippen MR) is 144 cm³/mol. The van der Waals surface area contributed by atoms with Gasteiger partial charge in [0.2, 0.25) is 23.6 Å². The molecule has 4 atom stereocenters. The zero-order chi connectivity index (χ0) is 28.7. The van der Waals surface area contributed by atoms with E-state index in [-0.39, 0.29) is 43.9 Å². The number of nitrogens with one attached hydrogen (secondary N) is 3. The Labute approximate surface area is 225 Å². The maximum Gasteiger partial charge on any atom is 0.327 e. The number of rotatable bonds is 17. The SMILES string of the molecule is NC(=O)CCC(NC(=O)C(Cc1ccccc1)NC(=O)C(N)CCCN=C(N)N)C(=O)NC(CS)C(=O)O. The van der Waals surface area contributed by atoms with Crippen molar-refractivity contribution < 1.29 is 29.1 Å². The summed E-state index contributed by atoms with van der Waals surface area (Å²) in [6.07, 6.45) is 0.284. The normalized spacial score (nSPS) is 13.7. The highest BCUT2D eigenvalue weighted by molar-refractivity contribution is 7.80. The number of carboxylic acids is 1. The molecule has 0 aromatic heterocycles. The third kappa shape index (κ3) is 12.4. The van der Waals surface area contributed by atoms with Gasteiger partial charge >= 0.3 is 5.97 Å². The Morgan fingerprint density at radius 2 is 1.45 bits per heavy atom. The molecule has 0 spiro atoms. The minimum Gasteiger partial charge on any atom is -0.480 e. The van der Waals surface area contributed by atoms with Crippen LogP contribution in [0.2, 0.25) is 0 Å². The lowest BCUT2D eigenvalue weighted by Gasteiger charge is -2.25. The van der Waals surface area contributed by atoms with E-state index >= 15 is 0 Å².